The normalized spacial score (nSPS) is 9.67. The number of carbonyl (C=O) groups excluding carboxylic acids is 2. The van der Waals surface area contributed by atoms with Crippen LogP contribution in [0.1, 0.15) is 32.3 Å². The van der Waals surface area contributed by atoms with E-state index in [2.05, 4.69) is 15.8 Å². The summed E-state index contributed by atoms with van der Waals surface area (Å²) in [5.74, 6) is -0.729. The highest BCUT2D eigenvalue weighted by molar-refractivity contribution is 6.35. The molecule has 2 N–H and O–H groups in total. The van der Waals surface area contributed by atoms with E-state index >= 15 is 0 Å². The number of amides is 2. The number of hydrogen-bond acceptors (Lipinski definition) is 4. The summed E-state index contributed by atoms with van der Waals surface area (Å²) in [6.07, 6.45) is 1.48. The second-order valence-corrected chi connectivity index (χ2v) is 4.36. The molecule has 0 aromatic heterocycles. The van der Waals surface area contributed by atoms with Crippen molar-refractivity contribution in [1.29, 1.82) is 0 Å². The zero-order valence-corrected chi connectivity index (χ0v) is 12.6. The van der Waals surface area contributed by atoms with Gasteiger partial charge in [-0.25, -0.2) is 5.43 Å². The number of hydrogen-bond donors (Lipinski definition) is 2. The van der Waals surface area contributed by atoms with Crippen molar-refractivity contribution in [1.82, 2.24) is 10.7 Å². The summed E-state index contributed by atoms with van der Waals surface area (Å²) in [5, 5.41) is 6.43. The minimum atomic E-state index is -0.761. The molecule has 0 fully saturated rings. The molecule has 0 saturated carbocycles. The third kappa shape index (κ3) is 5.64. The van der Waals surface area contributed by atoms with Crippen molar-refractivity contribution in [3.63, 3.8) is 0 Å². The molecule has 0 unspecified atom stereocenters. The van der Waals surface area contributed by atoms with Gasteiger partial charge in [0.05, 0.1) is 7.11 Å². The van der Waals surface area contributed by atoms with Crippen LogP contribution in [0.2, 0.25) is 0 Å². The van der Waals surface area contributed by atoms with E-state index in [9.17, 15) is 9.59 Å². The Morgan fingerprint density at radius 2 is 1.71 bits per heavy atom. The van der Waals surface area contributed by atoms with Crippen LogP contribution in [0.3, 0.4) is 0 Å². The molecule has 0 heterocycles. The molecule has 2 amide bonds. The van der Waals surface area contributed by atoms with Gasteiger partial charge < -0.3 is 10.1 Å². The molecule has 0 spiro atoms. The second-order valence-electron chi connectivity index (χ2n) is 4.36. The number of rotatable bonds is 6. The van der Waals surface area contributed by atoms with E-state index < -0.39 is 11.8 Å². The molecule has 21 heavy (non-hydrogen) atoms. The van der Waals surface area contributed by atoms with E-state index in [0.717, 1.165) is 29.9 Å². The number of nitrogens with zero attached hydrogens (tertiary/aromatic N) is 1. The molecule has 0 saturated heterocycles. The first-order valence-electron chi connectivity index (χ1n) is 6.87. The van der Waals surface area contributed by atoms with Crippen molar-refractivity contribution in [3.05, 3.63) is 29.8 Å². The molecule has 114 valence electrons. The fourth-order valence-electron chi connectivity index (χ4n) is 1.59. The van der Waals surface area contributed by atoms with Gasteiger partial charge >= 0.3 is 11.8 Å². The summed E-state index contributed by atoms with van der Waals surface area (Å²) in [4.78, 5) is 23.2. The van der Waals surface area contributed by atoms with Gasteiger partial charge in [-0.3, -0.25) is 9.59 Å². The maximum Gasteiger partial charge on any atom is 0.329 e. The molecule has 1 aromatic rings. The van der Waals surface area contributed by atoms with Gasteiger partial charge in [-0.2, -0.15) is 5.10 Å². The van der Waals surface area contributed by atoms with Gasteiger partial charge in [-0.1, -0.05) is 26.0 Å². The number of ether oxygens (including phenoxy) is 1. The van der Waals surface area contributed by atoms with Crippen molar-refractivity contribution < 1.29 is 14.3 Å². The van der Waals surface area contributed by atoms with Crippen LogP contribution in [0.15, 0.2) is 29.4 Å². The van der Waals surface area contributed by atoms with E-state index in [-0.39, 0.29) is 6.54 Å². The zero-order chi connectivity index (χ0) is 15.7. The fraction of sp³-hybridized carbons (Fsp3) is 0.400. The van der Waals surface area contributed by atoms with Gasteiger partial charge in [0.1, 0.15) is 5.75 Å². The van der Waals surface area contributed by atoms with Gasteiger partial charge in [-0.15, -0.1) is 0 Å². The molecule has 0 aliphatic heterocycles. The predicted octanol–water partition coefficient (Wildman–Crippen LogP) is 1.60. The summed E-state index contributed by atoms with van der Waals surface area (Å²) in [6.45, 7) is 4.16. The Morgan fingerprint density at radius 3 is 2.24 bits per heavy atom. The molecule has 0 aliphatic carbocycles. The number of methoxy groups -OCH3 is 1. The first-order chi connectivity index (χ1) is 10.1. The van der Waals surface area contributed by atoms with Crippen LogP contribution in [0.4, 0.5) is 0 Å². The average molecular weight is 291 g/mol. The fourth-order valence-corrected chi connectivity index (χ4v) is 1.59. The van der Waals surface area contributed by atoms with Gasteiger partial charge in [-0.05, 0) is 30.5 Å². The van der Waals surface area contributed by atoms with Crippen molar-refractivity contribution in [2.45, 2.75) is 33.2 Å². The molecule has 0 radical (unpaired) electrons. The Hall–Kier alpha value is -2.37. The van der Waals surface area contributed by atoms with E-state index in [1.54, 1.807) is 19.2 Å². The second kappa shape index (κ2) is 8.73. The smallest absolute Gasteiger partial charge is 0.329 e. The highest BCUT2D eigenvalue weighted by atomic mass is 16.5. The first kappa shape index (κ1) is 16.7. The Bertz CT molecular complexity index is 503. The topological polar surface area (TPSA) is 79.8 Å². The van der Waals surface area contributed by atoms with Gasteiger partial charge in [0.15, 0.2) is 0 Å². The molecule has 1 aromatic carbocycles. The van der Waals surface area contributed by atoms with Crippen LogP contribution in [0.25, 0.3) is 0 Å². The molecule has 0 bridgehead atoms. The van der Waals surface area contributed by atoms with Crippen LogP contribution < -0.4 is 15.5 Å². The predicted molar refractivity (Wildman–Crippen MR) is 81.0 cm³/mol. The van der Waals surface area contributed by atoms with Gasteiger partial charge in [0.25, 0.3) is 0 Å². The van der Waals surface area contributed by atoms with Gasteiger partial charge in [0.2, 0.25) is 0 Å². The van der Waals surface area contributed by atoms with Crippen LogP contribution in [-0.2, 0) is 16.1 Å². The first-order valence-corrected chi connectivity index (χ1v) is 6.87. The number of nitrogens with one attached hydrogen (secondary N) is 2. The van der Waals surface area contributed by atoms with Crippen molar-refractivity contribution in [2.24, 2.45) is 5.10 Å². The van der Waals surface area contributed by atoms with E-state index in [1.165, 1.54) is 0 Å². The Kier molecular flexibility index (Phi) is 6.94. The third-order valence-electron chi connectivity index (χ3n) is 2.95. The SMILES string of the molecule is CCC(CC)=NNC(=O)C(=O)NCc1ccc(OC)cc1. The Balaban J connectivity index is 2.45. The lowest BCUT2D eigenvalue weighted by Gasteiger charge is -2.06. The maximum absolute atomic E-state index is 11.6. The Labute approximate surface area is 124 Å². The minimum Gasteiger partial charge on any atom is -0.497 e. The lowest BCUT2D eigenvalue weighted by Crippen LogP contribution is -2.37. The molecule has 0 aliphatic rings. The molecular formula is C15H21N3O3. The molecule has 1 rings (SSSR count). The van der Waals surface area contributed by atoms with Crippen LogP contribution in [0, 0.1) is 0 Å². The standard InChI is InChI=1S/C15H21N3O3/c1-4-12(5-2)17-18-15(20)14(19)16-10-11-6-8-13(21-3)9-7-11/h6-9H,4-5,10H2,1-3H3,(H,16,19)(H,18,20). The van der Waals surface area contributed by atoms with Crippen molar-refractivity contribution in [2.75, 3.05) is 7.11 Å². The summed E-state index contributed by atoms with van der Waals surface area (Å²) in [5.41, 5.74) is 3.97. The largest absolute Gasteiger partial charge is 0.497 e. The molecular weight excluding hydrogens is 270 g/mol. The summed E-state index contributed by atoms with van der Waals surface area (Å²) < 4.78 is 5.04. The maximum atomic E-state index is 11.6. The molecule has 0 atom stereocenters. The monoisotopic (exact) mass is 291 g/mol. The van der Waals surface area contributed by atoms with Crippen molar-refractivity contribution >= 4 is 17.5 Å². The van der Waals surface area contributed by atoms with Crippen LogP contribution in [0.5, 0.6) is 5.75 Å². The van der Waals surface area contributed by atoms with E-state index in [4.69, 9.17) is 4.74 Å². The van der Waals surface area contributed by atoms with E-state index in [1.807, 2.05) is 26.0 Å². The third-order valence-corrected chi connectivity index (χ3v) is 2.95. The number of carbonyl (C=O) groups is 2. The summed E-state index contributed by atoms with van der Waals surface area (Å²) in [6, 6.07) is 7.23. The highest BCUT2D eigenvalue weighted by Crippen LogP contribution is 2.10. The lowest BCUT2D eigenvalue weighted by molar-refractivity contribution is -0.139. The van der Waals surface area contributed by atoms with Crippen LogP contribution in [-0.4, -0.2) is 24.6 Å². The summed E-state index contributed by atoms with van der Waals surface area (Å²) in [7, 11) is 1.59. The van der Waals surface area contributed by atoms with Gasteiger partial charge in [0, 0.05) is 12.3 Å². The number of benzene rings is 1. The molecule has 6 heteroatoms. The quantitative estimate of drug-likeness (QED) is 0.474. The number of hydrazone groups is 1. The summed E-state index contributed by atoms with van der Waals surface area (Å²) >= 11 is 0. The Morgan fingerprint density at radius 1 is 1.10 bits per heavy atom. The molecule has 6 nitrogen and oxygen atoms in total. The minimum absolute atomic E-state index is 0.272. The highest BCUT2D eigenvalue weighted by Gasteiger charge is 2.12. The van der Waals surface area contributed by atoms with E-state index in [0.29, 0.717) is 0 Å². The lowest BCUT2D eigenvalue weighted by atomic mass is 10.2. The van der Waals surface area contributed by atoms with Crippen molar-refractivity contribution in [3.8, 4) is 5.75 Å². The average Bonchev–Trinajstić information content (AvgIpc) is 2.53. The zero-order valence-electron chi connectivity index (χ0n) is 12.6. The van der Waals surface area contributed by atoms with Crippen LogP contribution >= 0.6 is 0 Å².